The lowest BCUT2D eigenvalue weighted by atomic mass is 9.98. The topological polar surface area (TPSA) is 100 Å². The van der Waals surface area contributed by atoms with E-state index in [4.69, 9.17) is 9.47 Å². The lowest BCUT2D eigenvalue weighted by molar-refractivity contribution is -0.124. The van der Waals surface area contributed by atoms with E-state index in [1.165, 1.54) is 12.1 Å². The first-order chi connectivity index (χ1) is 18.4. The van der Waals surface area contributed by atoms with E-state index in [1.54, 1.807) is 0 Å². The van der Waals surface area contributed by atoms with Crippen LogP contribution in [0.1, 0.15) is 35.6 Å². The fraction of sp³-hybridized carbons (Fsp3) is 0.414. The maximum atomic E-state index is 14.7. The quantitative estimate of drug-likeness (QED) is 0.391. The molecule has 0 aromatic heterocycles. The summed E-state index contributed by atoms with van der Waals surface area (Å²) in [5, 5.41) is 19.3. The van der Waals surface area contributed by atoms with E-state index in [1.807, 2.05) is 19.1 Å². The predicted molar refractivity (Wildman–Crippen MR) is 142 cm³/mol. The highest BCUT2D eigenvalue weighted by Crippen LogP contribution is 2.36. The molecule has 3 atom stereocenters. The third kappa shape index (κ3) is 5.79. The number of hydrogen-bond acceptors (Lipinski definition) is 7. The number of carbonyl (C=O) groups excluding carboxylic acids is 1. The van der Waals surface area contributed by atoms with Crippen molar-refractivity contribution in [2.75, 3.05) is 32.8 Å². The number of halogens is 1. The second kappa shape index (κ2) is 11.4. The monoisotopic (exact) mass is 521 g/mol. The molecule has 1 amide bonds. The first-order valence-electron chi connectivity index (χ1n) is 13.0. The largest absolute Gasteiger partial charge is 0.486 e. The average Bonchev–Trinajstić information content (AvgIpc) is 2.89. The molecule has 0 bridgehead atoms. The minimum Gasteiger partial charge on any atom is -0.486 e. The number of carbonyl (C=O) groups is 1. The van der Waals surface area contributed by atoms with Gasteiger partial charge in [-0.3, -0.25) is 4.79 Å². The second-order valence-corrected chi connectivity index (χ2v) is 10.1. The fourth-order valence-electron chi connectivity index (χ4n) is 4.99. The zero-order chi connectivity index (χ0) is 26.6. The molecule has 200 valence electrons. The number of fused-ring (bicyclic) bond motifs is 2. The van der Waals surface area contributed by atoms with Gasteiger partial charge in [0.2, 0.25) is 5.91 Å². The number of aryl methyl sites for hydroxylation is 2. The summed E-state index contributed by atoms with van der Waals surface area (Å²) in [7, 11) is 0. The van der Waals surface area contributed by atoms with Crippen molar-refractivity contribution in [3.63, 3.8) is 0 Å². The molecule has 8 nitrogen and oxygen atoms in total. The number of aliphatic hydroxyl groups excluding tert-OH is 1. The van der Waals surface area contributed by atoms with E-state index >= 15 is 0 Å². The number of hydrogen-bond donors (Lipinski definition) is 2. The molecule has 5 rings (SSSR count). The first-order valence-corrected chi connectivity index (χ1v) is 13.0. The molecular formula is C29H32FN3O5. The third-order valence-corrected chi connectivity index (χ3v) is 7.27. The van der Waals surface area contributed by atoms with Crippen LogP contribution in [0.15, 0.2) is 53.7 Å². The van der Waals surface area contributed by atoms with Gasteiger partial charge in [0, 0.05) is 6.54 Å². The number of amides is 1. The van der Waals surface area contributed by atoms with Gasteiger partial charge >= 0.3 is 0 Å². The van der Waals surface area contributed by atoms with Crippen LogP contribution in [0.25, 0.3) is 10.8 Å². The molecular weight excluding hydrogens is 489 g/mol. The number of rotatable bonds is 10. The summed E-state index contributed by atoms with van der Waals surface area (Å²) in [5.74, 6) is -0.954. The van der Waals surface area contributed by atoms with Gasteiger partial charge in [-0.05, 0) is 73.3 Å². The Morgan fingerprint density at radius 1 is 1.11 bits per heavy atom. The molecule has 2 aliphatic heterocycles. The lowest BCUT2D eigenvalue weighted by Crippen LogP contribution is -2.52. The summed E-state index contributed by atoms with van der Waals surface area (Å²) in [6, 6.07) is 13.2. The highest BCUT2D eigenvalue weighted by molar-refractivity contribution is 5.84. The van der Waals surface area contributed by atoms with Crippen LogP contribution in [-0.2, 0) is 11.2 Å². The van der Waals surface area contributed by atoms with Gasteiger partial charge in [0.25, 0.3) is 0 Å². The zero-order valence-electron chi connectivity index (χ0n) is 21.4. The van der Waals surface area contributed by atoms with Gasteiger partial charge in [0.1, 0.15) is 19.3 Å². The number of ether oxygens (including phenoxy) is 2. The Kier molecular flexibility index (Phi) is 7.85. The van der Waals surface area contributed by atoms with Gasteiger partial charge in [-0.25, -0.2) is 4.39 Å². The van der Waals surface area contributed by atoms with Crippen molar-refractivity contribution in [3.8, 4) is 11.5 Å². The van der Waals surface area contributed by atoms with Crippen molar-refractivity contribution >= 4 is 16.7 Å². The molecule has 2 aliphatic rings. The van der Waals surface area contributed by atoms with Crippen LogP contribution in [0.2, 0.25) is 0 Å². The Morgan fingerprint density at radius 3 is 2.66 bits per heavy atom. The Labute approximate surface area is 220 Å². The average molecular weight is 522 g/mol. The van der Waals surface area contributed by atoms with E-state index in [9.17, 15) is 19.2 Å². The summed E-state index contributed by atoms with van der Waals surface area (Å²) < 4.78 is 25.5. The molecule has 3 aromatic rings. The van der Waals surface area contributed by atoms with Crippen molar-refractivity contribution < 1.29 is 23.8 Å². The molecule has 0 spiro atoms. The van der Waals surface area contributed by atoms with Gasteiger partial charge in [-0.15, -0.1) is 4.91 Å². The van der Waals surface area contributed by atoms with Gasteiger partial charge in [0.05, 0.1) is 6.04 Å². The van der Waals surface area contributed by atoms with E-state index in [2.05, 4.69) is 39.7 Å². The van der Waals surface area contributed by atoms with E-state index < -0.39 is 29.9 Å². The SMILES string of the molecule is Cc1ccc2ccc(CCC(N=O)C(=O)NC(CN3CCC3)C(O)c3cc(F)c4c(c3)OCCO4)cc2c1. The first kappa shape index (κ1) is 26.1. The van der Waals surface area contributed by atoms with Crippen molar-refractivity contribution in [2.45, 2.75) is 44.4 Å². The molecule has 0 aliphatic carbocycles. The standard InChI is InChI=1S/C29H32FN3O5/c1-18-3-6-20-7-4-19(14-21(20)13-18)5-8-24(32-36)29(35)31-25(17-33-9-2-10-33)27(34)22-15-23(30)28-26(16-22)37-11-12-38-28/h3-4,6-7,13-16,24-25,27,34H,2,5,8-12,17H2,1H3,(H,31,35). The van der Waals surface area contributed by atoms with Crippen LogP contribution in [0, 0.1) is 17.6 Å². The van der Waals surface area contributed by atoms with Crippen molar-refractivity contribution in [2.24, 2.45) is 5.18 Å². The maximum absolute atomic E-state index is 14.7. The summed E-state index contributed by atoms with van der Waals surface area (Å²) in [6.07, 6.45) is 0.540. The Balaban J connectivity index is 1.28. The zero-order valence-corrected chi connectivity index (χ0v) is 21.4. The molecule has 1 saturated heterocycles. The smallest absolute Gasteiger partial charge is 0.248 e. The van der Waals surface area contributed by atoms with Crippen molar-refractivity contribution in [1.29, 1.82) is 0 Å². The van der Waals surface area contributed by atoms with Gasteiger partial charge < -0.3 is 24.8 Å². The molecule has 2 heterocycles. The van der Waals surface area contributed by atoms with Crippen LogP contribution in [0.5, 0.6) is 11.5 Å². The third-order valence-electron chi connectivity index (χ3n) is 7.27. The molecule has 9 heteroatoms. The molecule has 2 N–H and O–H groups in total. The molecule has 0 saturated carbocycles. The van der Waals surface area contributed by atoms with E-state index in [0.29, 0.717) is 13.0 Å². The van der Waals surface area contributed by atoms with Crippen molar-refractivity contribution in [3.05, 3.63) is 75.9 Å². The minimum atomic E-state index is -1.22. The highest BCUT2D eigenvalue weighted by Gasteiger charge is 2.32. The highest BCUT2D eigenvalue weighted by atomic mass is 19.1. The second-order valence-electron chi connectivity index (χ2n) is 10.1. The van der Waals surface area contributed by atoms with Gasteiger partial charge in [0.15, 0.2) is 23.4 Å². The molecule has 3 aromatic carbocycles. The van der Waals surface area contributed by atoms with Crippen LogP contribution >= 0.6 is 0 Å². The number of likely N-dealkylation sites (tertiary alicyclic amines) is 1. The Hall–Kier alpha value is -3.56. The summed E-state index contributed by atoms with van der Waals surface area (Å²) >= 11 is 0. The van der Waals surface area contributed by atoms with Crippen molar-refractivity contribution in [1.82, 2.24) is 10.2 Å². The molecule has 0 radical (unpaired) electrons. The van der Waals surface area contributed by atoms with Gasteiger partial charge in [-0.2, -0.15) is 0 Å². The van der Waals surface area contributed by atoms with E-state index in [-0.39, 0.29) is 36.7 Å². The summed E-state index contributed by atoms with van der Waals surface area (Å²) in [5.41, 5.74) is 2.43. The summed E-state index contributed by atoms with van der Waals surface area (Å²) in [6.45, 7) is 4.60. The fourth-order valence-corrected chi connectivity index (χ4v) is 4.99. The number of nitroso groups, excluding NO2 is 1. The minimum absolute atomic E-state index is 0.0181. The number of aliphatic hydroxyl groups is 1. The number of nitrogens with zero attached hydrogens (tertiary/aromatic N) is 2. The summed E-state index contributed by atoms with van der Waals surface area (Å²) in [4.78, 5) is 26.9. The van der Waals surface area contributed by atoms with Crippen LogP contribution in [-0.4, -0.2) is 60.8 Å². The maximum Gasteiger partial charge on any atom is 0.248 e. The van der Waals surface area contributed by atoms with Crippen LogP contribution in [0.3, 0.4) is 0 Å². The predicted octanol–water partition coefficient (Wildman–Crippen LogP) is 4.05. The Morgan fingerprint density at radius 2 is 1.89 bits per heavy atom. The molecule has 3 unspecified atom stereocenters. The van der Waals surface area contributed by atoms with Crippen LogP contribution in [0.4, 0.5) is 4.39 Å². The molecule has 1 fully saturated rings. The number of benzene rings is 3. The molecule has 38 heavy (non-hydrogen) atoms. The lowest BCUT2D eigenvalue weighted by Gasteiger charge is -2.36. The van der Waals surface area contributed by atoms with Crippen LogP contribution < -0.4 is 14.8 Å². The van der Waals surface area contributed by atoms with E-state index in [0.717, 1.165) is 41.4 Å². The Bertz CT molecular complexity index is 1330. The van der Waals surface area contributed by atoms with Gasteiger partial charge in [-0.1, -0.05) is 47.1 Å². The normalized spacial score (nSPS) is 17.3. The number of nitrogens with one attached hydrogen (secondary N) is 1.